The zero-order valence-corrected chi connectivity index (χ0v) is 13.1. The molecule has 1 aromatic heterocycles. The molecule has 2 N–H and O–H groups in total. The van der Waals surface area contributed by atoms with E-state index in [1.54, 1.807) is 6.07 Å². The van der Waals surface area contributed by atoms with Crippen LogP contribution >= 0.6 is 22.9 Å². The average Bonchev–Trinajstić information content (AvgIpc) is 2.88. The van der Waals surface area contributed by atoms with Crippen LogP contribution in [-0.2, 0) is 11.2 Å². The Kier molecular flexibility index (Phi) is 5.88. The lowest BCUT2D eigenvalue weighted by Crippen LogP contribution is -2.29. The van der Waals surface area contributed by atoms with Crippen LogP contribution in [0, 0.1) is 11.6 Å². The van der Waals surface area contributed by atoms with Gasteiger partial charge in [0.2, 0.25) is 5.91 Å². The zero-order valence-electron chi connectivity index (χ0n) is 11.5. The second-order valence-electron chi connectivity index (χ2n) is 4.66. The van der Waals surface area contributed by atoms with Gasteiger partial charge in [0.1, 0.15) is 17.7 Å². The van der Waals surface area contributed by atoms with Crippen molar-refractivity contribution in [2.45, 2.75) is 18.9 Å². The molecule has 1 amide bonds. The first-order valence-electron chi connectivity index (χ1n) is 6.60. The Balaban J connectivity index is 1.83. The highest BCUT2D eigenvalue weighted by Gasteiger charge is 2.18. The Morgan fingerprint density at radius 2 is 1.95 bits per heavy atom. The van der Waals surface area contributed by atoms with Crippen molar-refractivity contribution in [1.82, 2.24) is 5.32 Å². The molecule has 0 saturated carbocycles. The molecule has 0 fully saturated rings. The van der Waals surface area contributed by atoms with E-state index in [9.17, 15) is 18.7 Å². The Bertz CT molecular complexity index is 642. The minimum absolute atomic E-state index is 0.212. The van der Waals surface area contributed by atoms with E-state index >= 15 is 0 Å². The number of nitrogens with one attached hydrogen (secondary N) is 1. The quantitative estimate of drug-likeness (QED) is 0.842. The predicted octanol–water partition coefficient (Wildman–Crippen LogP) is 3.46. The summed E-state index contributed by atoms with van der Waals surface area (Å²) >= 11 is 7.18. The summed E-state index contributed by atoms with van der Waals surface area (Å²) in [6.07, 6.45) is -0.696. The van der Waals surface area contributed by atoms with E-state index < -0.39 is 23.3 Å². The summed E-state index contributed by atoms with van der Waals surface area (Å²) in [7, 11) is 0. The summed E-state index contributed by atoms with van der Waals surface area (Å²) < 4.78 is 27.6. The minimum atomic E-state index is -1.43. The first-order valence-corrected chi connectivity index (χ1v) is 7.79. The van der Waals surface area contributed by atoms with Crippen LogP contribution in [0.4, 0.5) is 8.78 Å². The molecule has 0 aliphatic heterocycles. The average molecular weight is 346 g/mol. The molecule has 0 bridgehead atoms. The van der Waals surface area contributed by atoms with Crippen LogP contribution in [-0.4, -0.2) is 17.6 Å². The van der Waals surface area contributed by atoms with Gasteiger partial charge in [-0.25, -0.2) is 8.78 Å². The van der Waals surface area contributed by atoms with Gasteiger partial charge in [-0.15, -0.1) is 11.3 Å². The predicted molar refractivity (Wildman–Crippen MR) is 82.0 cm³/mol. The van der Waals surface area contributed by atoms with E-state index in [1.165, 1.54) is 17.4 Å². The van der Waals surface area contributed by atoms with Crippen molar-refractivity contribution in [3.8, 4) is 0 Å². The standard InChI is InChI=1S/C15H14ClF2NO2S/c16-13-6-4-9(22-13)5-7-14(21)19-8-12(20)15-10(17)2-1-3-11(15)18/h1-4,6,12,20H,5,7-8H2,(H,19,21). The second kappa shape index (κ2) is 7.67. The lowest BCUT2D eigenvalue weighted by molar-refractivity contribution is -0.121. The number of halogens is 3. The summed E-state index contributed by atoms with van der Waals surface area (Å²) in [4.78, 5) is 12.7. The molecule has 2 rings (SSSR count). The van der Waals surface area contributed by atoms with E-state index in [2.05, 4.69) is 5.32 Å². The summed E-state index contributed by atoms with van der Waals surface area (Å²) in [6.45, 7) is -0.248. The fourth-order valence-electron chi connectivity index (χ4n) is 1.95. The van der Waals surface area contributed by atoms with E-state index in [0.29, 0.717) is 10.8 Å². The summed E-state index contributed by atoms with van der Waals surface area (Å²) in [5, 5.41) is 12.3. The van der Waals surface area contributed by atoms with Crippen molar-refractivity contribution in [2.24, 2.45) is 0 Å². The SMILES string of the molecule is O=C(CCc1ccc(Cl)s1)NCC(O)c1c(F)cccc1F. The molecule has 2 aromatic rings. The fraction of sp³-hybridized carbons (Fsp3) is 0.267. The van der Waals surface area contributed by atoms with Crippen LogP contribution < -0.4 is 5.32 Å². The van der Waals surface area contributed by atoms with Gasteiger partial charge < -0.3 is 10.4 Å². The lowest BCUT2D eigenvalue weighted by atomic mass is 10.1. The molecule has 3 nitrogen and oxygen atoms in total. The van der Waals surface area contributed by atoms with E-state index in [1.807, 2.05) is 6.07 Å². The number of rotatable bonds is 6. The van der Waals surface area contributed by atoms with Crippen molar-refractivity contribution >= 4 is 28.8 Å². The number of hydrogen-bond acceptors (Lipinski definition) is 3. The van der Waals surface area contributed by atoms with Crippen LogP contribution in [0.1, 0.15) is 23.0 Å². The van der Waals surface area contributed by atoms with Crippen LogP contribution in [0.5, 0.6) is 0 Å². The Morgan fingerprint density at radius 1 is 1.27 bits per heavy atom. The van der Waals surface area contributed by atoms with Crippen LogP contribution in [0.15, 0.2) is 30.3 Å². The van der Waals surface area contributed by atoms with Gasteiger partial charge in [-0.2, -0.15) is 0 Å². The number of aliphatic hydroxyl groups excluding tert-OH is 1. The molecule has 0 saturated heterocycles. The number of carbonyl (C=O) groups excluding carboxylic acids is 1. The van der Waals surface area contributed by atoms with Crippen molar-refractivity contribution in [2.75, 3.05) is 6.54 Å². The maximum absolute atomic E-state index is 13.5. The molecule has 22 heavy (non-hydrogen) atoms. The van der Waals surface area contributed by atoms with E-state index in [4.69, 9.17) is 11.6 Å². The molecular formula is C15H14ClF2NO2S. The summed E-state index contributed by atoms with van der Waals surface area (Å²) in [5.74, 6) is -1.98. The van der Waals surface area contributed by atoms with Crippen molar-refractivity contribution in [3.63, 3.8) is 0 Å². The number of aryl methyl sites for hydroxylation is 1. The maximum atomic E-state index is 13.5. The number of aliphatic hydroxyl groups is 1. The summed E-state index contributed by atoms with van der Waals surface area (Å²) in [6, 6.07) is 6.92. The van der Waals surface area contributed by atoms with Crippen molar-refractivity contribution in [3.05, 3.63) is 56.7 Å². The third-order valence-electron chi connectivity index (χ3n) is 3.05. The Labute approximate surface area is 135 Å². The number of benzene rings is 1. The lowest BCUT2D eigenvalue weighted by Gasteiger charge is -2.13. The molecule has 1 unspecified atom stereocenters. The van der Waals surface area contributed by atoms with Crippen LogP contribution in [0.2, 0.25) is 4.34 Å². The molecule has 1 heterocycles. The highest BCUT2D eigenvalue weighted by atomic mass is 35.5. The highest BCUT2D eigenvalue weighted by Crippen LogP contribution is 2.22. The van der Waals surface area contributed by atoms with Crippen molar-refractivity contribution in [1.29, 1.82) is 0 Å². The molecule has 0 spiro atoms. The highest BCUT2D eigenvalue weighted by molar-refractivity contribution is 7.16. The number of carbonyl (C=O) groups is 1. The van der Waals surface area contributed by atoms with Gasteiger partial charge >= 0.3 is 0 Å². The molecule has 118 valence electrons. The fourth-order valence-corrected chi connectivity index (χ4v) is 3.04. The molecule has 0 aliphatic carbocycles. The minimum Gasteiger partial charge on any atom is -0.386 e. The van der Waals surface area contributed by atoms with Gasteiger partial charge in [-0.1, -0.05) is 17.7 Å². The number of hydrogen-bond donors (Lipinski definition) is 2. The van der Waals surface area contributed by atoms with Gasteiger partial charge in [-0.05, 0) is 30.7 Å². The molecule has 7 heteroatoms. The van der Waals surface area contributed by atoms with Crippen LogP contribution in [0.25, 0.3) is 0 Å². The third-order valence-corrected chi connectivity index (χ3v) is 4.34. The van der Waals surface area contributed by atoms with Crippen molar-refractivity contribution < 1.29 is 18.7 Å². The monoisotopic (exact) mass is 345 g/mol. The first-order chi connectivity index (χ1) is 10.5. The third kappa shape index (κ3) is 4.50. The smallest absolute Gasteiger partial charge is 0.220 e. The molecule has 0 aliphatic rings. The molecular weight excluding hydrogens is 332 g/mol. The zero-order chi connectivity index (χ0) is 16.1. The van der Waals surface area contributed by atoms with Gasteiger partial charge in [-0.3, -0.25) is 4.79 Å². The Hall–Kier alpha value is -1.50. The topological polar surface area (TPSA) is 49.3 Å². The molecule has 1 atom stereocenters. The molecule has 0 radical (unpaired) electrons. The van der Waals surface area contributed by atoms with Gasteiger partial charge in [0.05, 0.1) is 9.90 Å². The van der Waals surface area contributed by atoms with Gasteiger partial charge in [0.25, 0.3) is 0 Å². The van der Waals surface area contributed by atoms with Gasteiger partial charge in [0, 0.05) is 17.8 Å². The number of amides is 1. The van der Waals surface area contributed by atoms with Crippen LogP contribution in [0.3, 0.4) is 0 Å². The largest absolute Gasteiger partial charge is 0.386 e. The number of thiophene rings is 1. The van der Waals surface area contributed by atoms with E-state index in [0.717, 1.165) is 17.0 Å². The van der Waals surface area contributed by atoms with Gasteiger partial charge in [0.15, 0.2) is 0 Å². The maximum Gasteiger partial charge on any atom is 0.220 e. The summed E-state index contributed by atoms with van der Waals surface area (Å²) in [5.41, 5.74) is -0.437. The normalized spacial score (nSPS) is 12.2. The van der Waals surface area contributed by atoms with E-state index in [-0.39, 0.29) is 18.9 Å². The Morgan fingerprint density at radius 3 is 2.55 bits per heavy atom. The molecule has 1 aromatic carbocycles. The first kappa shape index (κ1) is 16.9. The second-order valence-corrected chi connectivity index (χ2v) is 6.46.